The van der Waals surface area contributed by atoms with Crippen molar-refractivity contribution in [2.24, 2.45) is 0 Å². The van der Waals surface area contributed by atoms with Crippen molar-refractivity contribution < 1.29 is 14.3 Å². The average Bonchev–Trinajstić information content (AvgIpc) is 2.90. The summed E-state index contributed by atoms with van der Waals surface area (Å²) >= 11 is 0. The normalized spacial score (nSPS) is 10.5. The fourth-order valence-electron chi connectivity index (χ4n) is 3.64. The zero-order valence-electron chi connectivity index (χ0n) is 20.6. The van der Waals surface area contributed by atoms with Gasteiger partial charge in [-0.3, -0.25) is 9.59 Å². The van der Waals surface area contributed by atoms with Crippen LogP contribution in [0.5, 0.6) is 5.75 Å². The number of carbonyl (C=O) groups is 2. The molecule has 0 saturated heterocycles. The van der Waals surface area contributed by atoms with E-state index in [-0.39, 0.29) is 18.4 Å². The van der Waals surface area contributed by atoms with E-state index in [9.17, 15) is 9.59 Å². The zero-order chi connectivity index (χ0) is 24.9. The molecule has 0 bridgehead atoms. The summed E-state index contributed by atoms with van der Waals surface area (Å²) in [7, 11) is 1.75. The predicted octanol–water partition coefficient (Wildman–Crippen LogP) is 6.36. The lowest BCUT2D eigenvalue weighted by atomic mass is 10.1. The lowest BCUT2D eigenvalue weighted by Crippen LogP contribution is -2.26. The molecule has 3 aromatic rings. The van der Waals surface area contributed by atoms with Gasteiger partial charge in [-0.25, -0.2) is 0 Å². The fraction of sp³-hybridized carbons (Fsp3) is 0.310. The van der Waals surface area contributed by atoms with Gasteiger partial charge in [0.05, 0.1) is 13.2 Å². The maximum Gasteiger partial charge on any atom is 0.258 e. The van der Waals surface area contributed by atoms with E-state index in [0.717, 1.165) is 17.9 Å². The number of para-hydroxylation sites is 1. The largest absolute Gasteiger partial charge is 0.494 e. The third kappa shape index (κ3) is 8.49. The van der Waals surface area contributed by atoms with Crippen molar-refractivity contribution in [1.29, 1.82) is 0 Å². The van der Waals surface area contributed by atoms with Crippen LogP contribution in [0.4, 0.5) is 17.1 Å². The Hall–Kier alpha value is -3.80. The number of benzene rings is 3. The van der Waals surface area contributed by atoms with Gasteiger partial charge in [0, 0.05) is 29.7 Å². The van der Waals surface area contributed by atoms with Gasteiger partial charge in [0.1, 0.15) is 5.75 Å². The first-order valence-electron chi connectivity index (χ1n) is 12.3. The SMILES string of the molecule is CCCCCCCOc1ccc(NC(=O)CNc2cccc(C(=O)N(C)c3ccccc3)c2)cc1. The van der Waals surface area contributed by atoms with E-state index < -0.39 is 0 Å². The Labute approximate surface area is 208 Å². The number of ether oxygens (including phenoxy) is 1. The van der Waals surface area contributed by atoms with Crippen molar-refractivity contribution >= 4 is 28.9 Å². The van der Waals surface area contributed by atoms with Gasteiger partial charge in [0.15, 0.2) is 0 Å². The molecule has 0 heterocycles. The number of nitrogens with zero attached hydrogens (tertiary/aromatic N) is 1. The van der Waals surface area contributed by atoms with Crippen LogP contribution in [0, 0.1) is 0 Å². The minimum absolute atomic E-state index is 0.0855. The van der Waals surface area contributed by atoms with E-state index in [1.54, 1.807) is 30.1 Å². The van der Waals surface area contributed by atoms with Gasteiger partial charge in [-0.05, 0) is 61.0 Å². The summed E-state index contributed by atoms with van der Waals surface area (Å²) in [6, 6.07) is 24.0. The van der Waals surface area contributed by atoms with Gasteiger partial charge in [0.2, 0.25) is 5.91 Å². The summed E-state index contributed by atoms with van der Waals surface area (Å²) in [5.74, 6) is 0.513. The molecule has 0 radical (unpaired) electrons. The molecule has 0 saturated carbocycles. The van der Waals surface area contributed by atoms with Crippen molar-refractivity contribution in [3.63, 3.8) is 0 Å². The maximum atomic E-state index is 12.8. The molecule has 2 amide bonds. The van der Waals surface area contributed by atoms with E-state index in [2.05, 4.69) is 17.6 Å². The molecule has 6 heteroatoms. The highest BCUT2D eigenvalue weighted by Gasteiger charge is 2.14. The van der Waals surface area contributed by atoms with Crippen LogP contribution in [0.2, 0.25) is 0 Å². The van der Waals surface area contributed by atoms with Gasteiger partial charge in [-0.1, -0.05) is 56.9 Å². The van der Waals surface area contributed by atoms with Crippen molar-refractivity contribution in [3.8, 4) is 5.75 Å². The van der Waals surface area contributed by atoms with Crippen LogP contribution in [0.3, 0.4) is 0 Å². The molecular formula is C29H35N3O3. The highest BCUT2D eigenvalue weighted by molar-refractivity contribution is 6.06. The molecule has 0 aliphatic carbocycles. The van der Waals surface area contributed by atoms with Gasteiger partial charge < -0.3 is 20.3 Å². The van der Waals surface area contributed by atoms with Crippen LogP contribution in [0.15, 0.2) is 78.9 Å². The van der Waals surface area contributed by atoms with Crippen molar-refractivity contribution in [3.05, 3.63) is 84.4 Å². The first kappa shape index (κ1) is 25.8. The number of carbonyl (C=O) groups excluding carboxylic acids is 2. The smallest absolute Gasteiger partial charge is 0.258 e. The lowest BCUT2D eigenvalue weighted by molar-refractivity contribution is -0.114. The highest BCUT2D eigenvalue weighted by Crippen LogP contribution is 2.18. The molecule has 0 aliphatic rings. The Bertz CT molecular complexity index is 1070. The number of amides is 2. The van der Waals surface area contributed by atoms with Crippen LogP contribution in [0.25, 0.3) is 0 Å². The van der Waals surface area contributed by atoms with Gasteiger partial charge in [-0.15, -0.1) is 0 Å². The minimum Gasteiger partial charge on any atom is -0.494 e. The number of nitrogens with one attached hydrogen (secondary N) is 2. The number of unbranched alkanes of at least 4 members (excludes halogenated alkanes) is 4. The number of rotatable bonds is 13. The van der Waals surface area contributed by atoms with E-state index >= 15 is 0 Å². The molecule has 3 rings (SSSR count). The second-order valence-corrected chi connectivity index (χ2v) is 8.47. The van der Waals surface area contributed by atoms with Crippen LogP contribution in [-0.2, 0) is 4.79 Å². The van der Waals surface area contributed by atoms with Crippen LogP contribution < -0.4 is 20.3 Å². The van der Waals surface area contributed by atoms with E-state index in [4.69, 9.17) is 4.74 Å². The summed E-state index contributed by atoms with van der Waals surface area (Å²) in [6.45, 7) is 3.00. The van der Waals surface area contributed by atoms with Gasteiger partial charge in [0.25, 0.3) is 5.91 Å². The van der Waals surface area contributed by atoms with E-state index in [0.29, 0.717) is 23.5 Å². The van der Waals surface area contributed by atoms with Crippen molar-refractivity contribution in [2.75, 3.05) is 35.7 Å². The summed E-state index contributed by atoms with van der Waals surface area (Å²) in [5.41, 5.74) is 2.78. The van der Waals surface area contributed by atoms with Gasteiger partial charge >= 0.3 is 0 Å². The first-order chi connectivity index (χ1) is 17.1. The standard InChI is InChI=1S/C29H35N3O3/c1-3-4-5-6-10-20-35-27-18-16-24(17-19-27)31-28(33)22-30-25-13-11-12-23(21-25)29(34)32(2)26-14-8-7-9-15-26/h7-9,11-19,21,30H,3-6,10,20,22H2,1-2H3,(H,31,33). The highest BCUT2D eigenvalue weighted by atomic mass is 16.5. The van der Waals surface area contributed by atoms with E-state index in [1.807, 2.05) is 60.7 Å². The van der Waals surface area contributed by atoms with Crippen LogP contribution >= 0.6 is 0 Å². The molecular weight excluding hydrogens is 438 g/mol. The summed E-state index contributed by atoms with van der Waals surface area (Å²) in [6.07, 6.45) is 6.01. The Kier molecular flexibility index (Phi) is 10.2. The Morgan fingerprint density at radius 3 is 2.31 bits per heavy atom. The fourth-order valence-corrected chi connectivity index (χ4v) is 3.64. The number of anilines is 3. The minimum atomic E-state index is -0.173. The number of hydrogen-bond donors (Lipinski definition) is 2. The molecule has 35 heavy (non-hydrogen) atoms. The van der Waals surface area contributed by atoms with Crippen LogP contribution in [0.1, 0.15) is 49.4 Å². The molecule has 0 fully saturated rings. The molecule has 0 unspecified atom stereocenters. The molecule has 184 valence electrons. The Morgan fingerprint density at radius 2 is 1.57 bits per heavy atom. The second-order valence-electron chi connectivity index (χ2n) is 8.47. The third-order valence-corrected chi connectivity index (χ3v) is 5.67. The molecule has 6 nitrogen and oxygen atoms in total. The molecule has 3 aromatic carbocycles. The monoisotopic (exact) mass is 473 g/mol. The topological polar surface area (TPSA) is 70.7 Å². The lowest BCUT2D eigenvalue weighted by Gasteiger charge is -2.18. The van der Waals surface area contributed by atoms with Crippen molar-refractivity contribution in [2.45, 2.75) is 39.0 Å². The predicted molar refractivity (Wildman–Crippen MR) is 143 cm³/mol. The number of hydrogen-bond acceptors (Lipinski definition) is 4. The maximum absolute atomic E-state index is 12.8. The molecule has 0 aromatic heterocycles. The second kappa shape index (κ2) is 13.8. The Morgan fingerprint density at radius 1 is 0.829 bits per heavy atom. The summed E-state index contributed by atoms with van der Waals surface area (Å²) in [4.78, 5) is 26.8. The van der Waals surface area contributed by atoms with E-state index in [1.165, 1.54) is 25.7 Å². The quantitative estimate of drug-likeness (QED) is 0.283. The molecule has 2 N–H and O–H groups in total. The summed E-state index contributed by atoms with van der Waals surface area (Å²) < 4.78 is 5.77. The average molecular weight is 474 g/mol. The van der Waals surface area contributed by atoms with Gasteiger partial charge in [-0.2, -0.15) is 0 Å². The third-order valence-electron chi connectivity index (χ3n) is 5.67. The molecule has 0 aliphatic heterocycles. The zero-order valence-corrected chi connectivity index (χ0v) is 20.6. The van der Waals surface area contributed by atoms with Crippen LogP contribution in [-0.4, -0.2) is 32.0 Å². The Balaban J connectivity index is 1.44. The molecule has 0 spiro atoms. The van der Waals surface area contributed by atoms with Crippen molar-refractivity contribution in [1.82, 2.24) is 0 Å². The first-order valence-corrected chi connectivity index (χ1v) is 12.3. The summed E-state index contributed by atoms with van der Waals surface area (Å²) in [5, 5.41) is 5.97. The molecule has 0 atom stereocenters.